The molecule has 2 atom stereocenters. The van der Waals surface area contributed by atoms with Gasteiger partial charge < -0.3 is 15.0 Å². The van der Waals surface area contributed by atoms with E-state index in [1.54, 1.807) is 0 Å². The standard InChI is InChI=1S/C16H28N4O/c1-5-7-14-18-15(17-8-6-2)9-16(19-14)20-10-12(3)21-13(4)11-20/h9,12-13H,5-8,10-11H2,1-4H3,(H,17,18,19)/t12-,13+. The van der Waals surface area contributed by atoms with Crippen molar-refractivity contribution in [2.75, 3.05) is 29.9 Å². The van der Waals surface area contributed by atoms with Crippen molar-refractivity contribution in [3.8, 4) is 0 Å². The molecule has 118 valence electrons. The van der Waals surface area contributed by atoms with Crippen LogP contribution >= 0.6 is 0 Å². The van der Waals surface area contributed by atoms with E-state index in [0.29, 0.717) is 0 Å². The van der Waals surface area contributed by atoms with Gasteiger partial charge >= 0.3 is 0 Å². The van der Waals surface area contributed by atoms with Crippen LogP contribution in [0.5, 0.6) is 0 Å². The van der Waals surface area contributed by atoms with Gasteiger partial charge in [0.2, 0.25) is 0 Å². The summed E-state index contributed by atoms with van der Waals surface area (Å²) in [6.45, 7) is 11.3. The number of aromatic nitrogens is 2. The van der Waals surface area contributed by atoms with Crippen LogP contribution in [-0.2, 0) is 11.2 Å². The van der Waals surface area contributed by atoms with Gasteiger partial charge in [-0.05, 0) is 26.7 Å². The van der Waals surface area contributed by atoms with Gasteiger partial charge in [-0.15, -0.1) is 0 Å². The second-order valence-electron chi connectivity index (χ2n) is 5.87. The molecule has 0 aliphatic carbocycles. The van der Waals surface area contributed by atoms with Gasteiger partial charge in [0.25, 0.3) is 0 Å². The zero-order valence-corrected chi connectivity index (χ0v) is 13.7. The van der Waals surface area contributed by atoms with E-state index in [1.165, 1.54) is 0 Å². The Bertz CT molecular complexity index is 442. The Morgan fingerprint density at radius 3 is 2.52 bits per heavy atom. The van der Waals surface area contributed by atoms with Crippen molar-refractivity contribution in [3.05, 3.63) is 11.9 Å². The number of aryl methyl sites for hydroxylation is 1. The first-order chi connectivity index (χ1) is 10.1. The lowest BCUT2D eigenvalue weighted by molar-refractivity contribution is -0.00547. The summed E-state index contributed by atoms with van der Waals surface area (Å²) in [6.07, 6.45) is 3.56. The lowest BCUT2D eigenvalue weighted by atomic mass is 10.2. The largest absolute Gasteiger partial charge is 0.372 e. The molecule has 21 heavy (non-hydrogen) atoms. The minimum atomic E-state index is 0.241. The van der Waals surface area contributed by atoms with E-state index in [0.717, 1.165) is 56.4 Å². The van der Waals surface area contributed by atoms with Gasteiger partial charge in [0.15, 0.2) is 0 Å². The van der Waals surface area contributed by atoms with E-state index in [-0.39, 0.29) is 12.2 Å². The summed E-state index contributed by atoms with van der Waals surface area (Å²) in [4.78, 5) is 11.7. The number of ether oxygens (including phenoxy) is 1. The van der Waals surface area contributed by atoms with Crippen LogP contribution in [0.15, 0.2) is 6.07 Å². The zero-order valence-electron chi connectivity index (χ0n) is 13.7. The molecule has 2 heterocycles. The fourth-order valence-corrected chi connectivity index (χ4v) is 2.69. The minimum Gasteiger partial charge on any atom is -0.372 e. The molecule has 5 nitrogen and oxygen atoms in total. The molecule has 0 bridgehead atoms. The molecule has 0 aromatic carbocycles. The molecule has 0 unspecified atom stereocenters. The average molecular weight is 292 g/mol. The van der Waals surface area contributed by atoms with Crippen molar-refractivity contribution in [2.24, 2.45) is 0 Å². The number of nitrogens with one attached hydrogen (secondary N) is 1. The molecular weight excluding hydrogens is 264 g/mol. The smallest absolute Gasteiger partial charge is 0.134 e. The summed E-state index contributed by atoms with van der Waals surface area (Å²) in [5.41, 5.74) is 0. The van der Waals surface area contributed by atoms with Gasteiger partial charge in [-0.1, -0.05) is 13.8 Å². The van der Waals surface area contributed by atoms with Crippen LogP contribution in [0, 0.1) is 0 Å². The van der Waals surface area contributed by atoms with Crippen molar-refractivity contribution in [2.45, 2.75) is 59.2 Å². The number of anilines is 2. The molecule has 0 radical (unpaired) electrons. The summed E-state index contributed by atoms with van der Waals surface area (Å²) in [5.74, 6) is 2.89. The van der Waals surface area contributed by atoms with Crippen molar-refractivity contribution in [1.29, 1.82) is 0 Å². The highest BCUT2D eigenvalue weighted by Crippen LogP contribution is 2.21. The lowest BCUT2D eigenvalue weighted by Crippen LogP contribution is -2.46. The topological polar surface area (TPSA) is 50.3 Å². The molecular formula is C16H28N4O. The molecule has 1 aromatic rings. The first-order valence-electron chi connectivity index (χ1n) is 8.14. The normalized spacial score (nSPS) is 22.4. The SMILES string of the molecule is CCCNc1cc(N2C[C@@H](C)O[C@@H](C)C2)nc(CCC)n1. The van der Waals surface area contributed by atoms with Crippen LogP contribution in [0.4, 0.5) is 11.6 Å². The molecule has 1 N–H and O–H groups in total. The summed E-state index contributed by atoms with van der Waals surface area (Å²) in [5, 5.41) is 3.39. The van der Waals surface area contributed by atoms with Crippen LogP contribution in [0.25, 0.3) is 0 Å². The summed E-state index contributed by atoms with van der Waals surface area (Å²) < 4.78 is 5.81. The molecule has 2 rings (SSSR count). The fraction of sp³-hybridized carbons (Fsp3) is 0.750. The van der Waals surface area contributed by atoms with Gasteiger partial charge in [0.05, 0.1) is 12.2 Å². The number of morpholine rings is 1. The van der Waals surface area contributed by atoms with Crippen LogP contribution in [0.2, 0.25) is 0 Å². The van der Waals surface area contributed by atoms with Gasteiger partial charge in [0, 0.05) is 32.1 Å². The number of nitrogens with zero attached hydrogens (tertiary/aromatic N) is 3. The second kappa shape index (κ2) is 7.59. The Hall–Kier alpha value is -1.36. The van der Waals surface area contributed by atoms with Crippen molar-refractivity contribution in [3.63, 3.8) is 0 Å². The zero-order chi connectivity index (χ0) is 15.2. The molecule has 0 saturated carbocycles. The Balaban J connectivity index is 2.21. The Morgan fingerprint density at radius 2 is 1.90 bits per heavy atom. The fourth-order valence-electron chi connectivity index (χ4n) is 2.69. The first kappa shape index (κ1) is 16.0. The van der Waals surface area contributed by atoms with E-state index in [4.69, 9.17) is 9.72 Å². The Kier molecular flexibility index (Phi) is 5.79. The van der Waals surface area contributed by atoms with Crippen molar-refractivity contribution < 1.29 is 4.74 Å². The molecule has 0 amide bonds. The summed E-state index contributed by atoms with van der Waals surface area (Å²) >= 11 is 0. The van der Waals surface area contributed by atoms with E-state index in [2.05, 4.69) is 49.0 Å². The highest BCUT2D eigenvalue weighted by atomic mass is 16.5. The van der Waals surface area contributed by atoms with E-state index >= 15 is 0 Å². The molecule has 5 heteroatoms. The van der Waals surface area contributed by atoms with E-state index in [9.17, 15) is 0 Å². The van der Waals surface area contributed by atoms with Crippen LogP contribution in [0.1, 0.15) is 46.4 Å². The molecule has 1 aliphatic rings. The highest BCUT2D eigenvalue weighted by Gasteiger charge is 2.23. The highest BCUT2D eigenvalue weighted by molar-refractivity contribution is 5.50. The Labute approximate surface area is 128 Å². The average Bonchev–Trinajstić information content (AvgIpc) is 2.44. The third-order valence-electron chi connectivity index (χ3n) is 3.53. The molecule has 1 fully saturated rings. The number of hydrogen-bond donors (Lipinski definition) is 1. The predicted octanol–water partition coefficient (Wildman–Crippen LogP) is 2.86. The van der Waals surface area contributed by atoms with Gasteiger partial charge in [-0.2, -0.15) is 0 Å². The Morgan fingerprint density at radius 1 is 1.19 bits per heavy atom. The first-order valence-corrected chi connectivity index (χ1v) is 8.14. The van der Waals surface area contributed by atoms with Crippen molar-refractivity contribution in [1.82, 2.24) is 9.97 Å². The second-order valence-corrected chi connectivity index (χ2v) is 5.87. The summed E-state index contributed by atoms with van der Waals surface area (Å²) in [6, 6.07) is 2.07. The predicted molar refractivity (Wildman–Crippen MR) is 87.0 cm³/mol. The maximum Gasteiger partial charge on any atom is 0.134 e. The minimum absolute atomic E-state index is 0.241. The molecule has 1 aromatic heterocycles. The van der Waals surface area contributed by atoms with Gasteiger partial charge in [-0.25, -0.2) is 9.97 Å². The molecule has 1 saturated heterocycles. The summed E-state index contributed by atoms with van der Waals surface area (Å²) in [7, 11) is 0. The van der Waals surface area contributed by atoms with E-state index in [1.807, 2.05) is 0 Å². The van der Waals surface area contributed by atoms with E-state index < -0.39 is 0 Å². The van der Waals surface area contributed by atoms with Crippen LogP contribution in [-0.4, -0.2) is 41.8 Å². The maximum atomic E-state index is 5.81. The quantitative estimate of drug-likeness (QED) is 0.873. The lowest BCUT2D eigenvalue weighted by Gasteiger charge is -2.36. The van der Waals surface area contributed by atoms with Crippen LogP contribution in [0.3, 0.4) is 0 Å². The maximum absolute atomic E-state index is 5.81. The van der Waals surface area contributed by atoms with Crippen molar-refractivity contribution >= 4 is 11.6 Å². The van der Waals surface area contributed by atoms with Gasteiger partial charge in [-0.3, -0.25) is 0 Å². The third kappa shape index (κ3) is 4.56. The van der Waals surface area contributed by atoms with Crippen LogP contribution < -0.4 is 10.2 Å². The monoisotopic (exact) mass is 292 g/mol. The number of rotatable bonds is 6. The van der Waals surface area contributed by atoms with Gasteiger partial charge in [0.1, 0.15) is 17.5 Å². The third-order valence-corrected chi connectivity index (χ3v) is 3.53. The molecule has 0 spiro atoms. The number of hydrogen-bond acceptors (Lipinski definition) is 5. The molecule has 1 aliphatic heterocycles.